The third-order valence-corrected chi connectivity index (χ3v) is 6.98. The molecule has 0 amide bonds. The predicted molar refractivity (Wildman–Crippen MR) is 94.5 cm³/mol. The Morgan fingerprint density at radius 2 is 2.04 bits per heavy atom. The van der Waals surface area contributed by atoms with Gasteiger partial charge in [-0.1, -0.05) is 17.7 Å². The van der Waals surface area contributed by atoms with Crippen LogP contribution in [0.15, 0.2) is 40.6 Å². The van der Waals surface area contributed by atoms with Crippen molar-refractivity contribution >= 4 is 33.0 Å². The van der Waals surface area contributed by atoms with Gasteiger partial charge in [0.15, 0.2) is 0 Å². The lowest BCUT2D eigenvalue weighted by molar-refractivity contribution is 0.250. The van der Waals surface area contributed by atoms with Crippen molar-refractivity contribution in [2.75, 3.05) is 19.6 Å². The van der Waals surface area contributed by atoms with Crippen molar-refractivity contribution in [3.63, 3.8) is 0 Å². The van der Waals surface area contributed by atoms with Gasteiger partial charge in [-0.3, -0.25) is 4.90 Å². The zero-order chi connectivity index (χ0) is 17.2. The SMILES string of the molecule is O=S(=O)(NC[C@H](c1cccs1)N1CCCC1)c1ccc(F)cc1Cl. The minimum absolute atomic E-state index is 0.00139. The summed E-state index contributed by atoms with van der Waals surface area (Å²) in [6.45, 7) is 2.18. The van der Waals surface area contributed by atoms with Gasteiger partial charge in [0.05, 0.1) is 11.1 Å². The molecule has 0 aliphatic carbocycles. The Kier molecular flexibility index (Phi) is 5.56. The maximum atomic E-state index is 13.1. The van der Waals surface area contributed by atoms with Crippen molar-refractivity contribution in [1.82, 2.24) is 9.62 Å². The third kappa shape index (κ3) is 3.97. The summed E-state index contributed by atoms with van der Waals surface area (Å²) in [6.07, 6.45) is 2.25. The average Bonchev–Trinajstić information content (AvgIpc) is 3.20. The molecule has 1 aromatic heterocycles. The van der Waals surface area contributed by atoms with Crippen LogP contribution >= 0.6 is 22.9 Å². The van der Waals surface area contributed by atoms with E-state index < -0.39 is 15.8 Å². The molecule has 1 N–H and O–H groups in total. The average molecular weight is 389 g/mol. The van der Waals surface area contributed by atoms with Gasteiger partial charge in [0.1, 0.15) is 10.7 Å². The van der Waals surface area contributed by atoms with E-state index in [0.29, 0.717) is 0 Å². The highest BCUT2D eigenvalue weighted by Crippen LogP contribution is 2.29. The first kappa shape index (κ1) is 17.8. The molecule has 4 nitrogen and oxygen atoms in total. The highest BCUT2D eigenvalue weighted by molar-refractivity contribution is 7.89. The van der Waals surface area contributed by atoms with Crippen LogP contribution in [0.3, 0.4) is 0 Å². The number of likely N-dealkylation sites (tertiary alicyclic amines) is 1. The number of nitrogens with zero attached hydrogens (tertiary/aromatic N) is 1. The van der Waals surface area contributed by atoms with Crippen LogP contribution < -0.4 is 4.72 Å². The van der Waals surface area contributed by atoms with Gasteiger partial charge in [-0.15, -0.1) is 11.3 Å². The van der Waals surface area contributed by atoms with Crippen molar-refractivity contribution < 1.29 is 12.8 Å². The molecule has 1 aliphatic heterocycles. The van der Waals surface area contributed by atoms with Crippen LogP contribution in [-0.4, -0.2) is 33.0 Å². The number of thiophene rings is 1. The quantitative estimate of drug-likeness (QED) is 0.821. The maximum absolute atomic E-state index is 13.1. The summed E-state index contributed by atoms with van der Waals surface area (Å²) >= 11 is 7.51. The molecule has 1 saturated heterocycles. The summed E-state index contributed by atoms with van der Waals surface area (Å²) in [6, 6.07) is 7.28. The molecule has 0 radical (unpaired) electrons. The summed E-state index contributed by atoms with van der Waals surface area (Å²) in [4.78, 5) is 3.32. The zero-order valence-electron chi connectivity index (χ0n) is 12.9. The van der Waals surface area contributed by atoms with E-state index in [0.717, 1.165) is 42.9 Å². The highest BCUT2D eigenvalue weighted by atomic mass is 35.5. The van der Waals surface area contributed by atoms with E-state index in [9.17, 15) is 12.8 Å². The van der Waals surface area contributed by atoms with Gasteiger partial charge in [0.25, 0.3) is 0 Å². The van der Waals surface area contributed by atoms with Crippen LogP contribution in [0.4, 0.5) is 4.39 Å². The topological polar surface area (TPSA) is 49.4 Å². The van der Waals surface area contributed by atoms with E-state index in [4.69, 9.17) is 11.6 Å². The van der Waals surface area contributed by atoms with E-state index in [1.54, 1.807) is 11.3 Å². The zero-order valence-corrected chi connectivity index (χ0v) is 15.3. The Balaban J connectivity index is 1.78. The molecule has 2 aromatic rings. The van der Waals surface area contributed by atoms with Crippen LogP contribution in [0, 0.1) is 5.82 Å². The van der Waals surface area contributed by atoms with E-state index in [-0.39, 0.29) is 22.5 Å². The van der Waals surface area contributed by atoms with Crippen molar-refractivity contribution in [3.05, 3.63) is 51.4 Å². The van der Waals surface area contributed by atoms with Crippen LogP contribution in [-0.2, 0) is 10.0 Å². The molecule has 3 rings (SSSR count). The molecule has 1 aliphatic rings. The lowest BCUT2D eigenvalue weighted by Gasteiger charge is -2.26. The fraction of sp³-hybridized carbons (Fsp3) is 0.375. The largest absolute Gasteiger partial charge is 0.294 e. The Morgan fingerprint density at radius 1 is 1.29 bits per heavy atom. The minimum atomic E-state index is -3.79. The van der Waals surface area contributed by atoms with Gasteiger partial charge in [-0.05, 0) is 55.6 Å². The molecule has 1 fully saturated rings. The second-order valence-electron chi connectivity index (χ2n) is 5.70. The number of rotatable bonds is 6. The third-order valence-electron chi connectivity index (χ3n) is 4.10. The molecule has 0 bridgehead atoms. The Morgan fingerprint density at radius 3 is 2.67 bits per heavy atom. The van der Waals surface area contributed by atoms with Crippen molar-refractivity contribution in [2.45, 2.75) is 23.8 Å². The molecular weight excluding hydrogens is 371 g/mol. The normalized spacial score (nSPS) is 17.2. The number of benzene rings is 1. The molecule has 1 aromatic carbocycles. The number of halogens is 2. The molecule has 24 heavy (non-hydrogen) atoms. The lowest BCUT2D eigenvalue weighted by atomic mass is 10.2. The van der Waals surface area contributed by atoms with Crippen molar-refractivity contribution in [3.8, 4) is 0 Å². The Labute approximate surface area is 150 Å². The van der Waals surface area contributed by atoms with E-state index in [1.165, 1.54) is 6.07 Å². The fourth-order valence-electron chi connectivity index (χ4n) is 2.90. The van der Waals surface area contributed by atoms with E-state index >= 15 is 0 Å². The summed E-state index contributed by atoms with van der Waals surface area (Å²) in [7, 11) is -3.79. The molecule has 8 heteroatoms. The van der Waals surface area contributed by atoms with Gasteiger partial charge in [0.2, 0.25) is 10.0 Å². The Bertz CT molecular complexity index is 790. The maximum Gasteiger partial charge on any atom is 0.242 e. The number of nitrogens with one attached hydrogen (secondary N) is 1. The molecular formula is C16H18ClFN2O2S2. The molecule has 0 saturated carbocycles. The highest BCUT2D eigenvalue weighted by Gasteiger charge is 2.27. The van der Waals surface area contributed by atoms with Gasteiger partial charge < -0.3 is 0 Å². The number of hydrogen-bond acceptors (Lipinski definition) is 4. The van der Waals surface area contributed by atoms with Crippen molar-refractivity contribution in [1.29, 1.82) is 0 Å². The second kappa shape index (κ2) is 7.49. The van der Waals surface area contributed by atoms with Crippen LogP contribution in [0.25, 0.3) is 0 Å². The van der Waals surface area contributed by atoms with Crippen LogP contribution in [0.5, 0.6) is 0 Å². The van der Waals surface area contributed by atoms with Gasteiger partial charge in [-0.25, -0.2) is 17.5 Å². The van der Waals surface area contributed by atoms with E-state index in [1.807, 2.05) is 17.5 Å². The molecule has 130 valence electrons. The molecule has 2 heterocycles. The summed E-state index contributed by atoms with van der Waals surface area (Å²) < 4.78 is 40.8. The lowest BCUT2D eigenvalue weighted by Crippen LogP contribution is -2.36. The molecule has 1 atom stereocenters. The first-order chi connectivity index (χ1) is 11.5. The van der Waals surface area contributed by atoms with Gasteiger partial charge >= 0.3 is 0 Å². The monoisotopic (exact) mass is 388 g/mol. The van der Waals surface area contributed by atoms with Gasteiger partial charge in [0, 0.05) is 11.4 Å². The van der Waals surface area contributed by atoms with Crippen LogP contribution in [0.2, 0.25) is 5.02 Å². The fourth-order valence-corrected chi connectivity index (χ4v) is 5.33. The Hall–Kier alpha value is -0.990. The predicted octanol–water partition coefficient (Wildman–Crippen LogP) is 3.66. The minimum Gasteiger partial charge on any atom is -0.294 e. The summed E-state index contributed by atoms with van der Waals surface area (Å²) in [5.74, 6) is -0.563. The molecule has 0 spiro atoms. The molecule has 0 unspecified atom stereocenters. The smallest absolute Gasteiger partial charge is 0.242 e. The first-order valence-corrected chi connectivity index (χ1v) is 10.4. The number of hydrogen-bond donors (Lipinski definition) is 1. The second-order valence-corrected chi connectivity index (χ2v) is 8.82. The summed E-state index contributed by atoms with van der Waals surface area (Å²) in [5.41, 5.74) is 0. The van der Waals surface area contributed by atoms with Crippen molar-refractivity contribution in [2.24, 2.45) is 0 Å². The summed E-state index contributed by atoms with van der Waals surface area (Å²) in [5, 5.41) is 1.88. The van der Waals surface area contributed by atoms with Gasteiger partial charge in [-0.2, -0.15) is 0 Å². The standard InChI is InChI=1S/C16H18ClFN2O2S2/c17-13-10-12(18)5-6-16(13)24(21,22)19-11-14(15-4-3-9-23-15)20-7-1-2-8-20/h3-6,9-10,14,19H,1-2,7-8,11H2/t14-/m1/s1. The first-order valence-electron chi connectivity index (χ1n) is 7.69. The van der Waals surface area contributed by atoms with Crippen LogP contribution in [0.1, 0.15) is 23.8 Å². The number of sulfonamides is 1. The van der Waals surface area contributed by atoms with E-state index in [2.05, 4.69) is 9.62 Å².